The van der Waals surface area contributed by atoms with Gasteiger partial charge in [0.2, 0.25) is 0 Å². The van der Waals surface area contributed by atoms with Gasteiger partial charge in [-0.25, -0.2) is 4.98 Å². The fourth-order valence-corrected chi connectivity index (χ4v) is 2.47. The molecule has 0 fully saturated rings. The molecule has 0 amide bonds. The van der Waals surface area contributed by atoms with Gasteiger partial charge in [-0.05, 0) is 32.0 Å². The zero-order valence-corrected chi connectivity index (χ0v) is 11.8. The minimum Gasteiger partial charge on any atom is -0.367 e. The van der Waals surface area contributed by atoms with Crippen LogP contribution < -0.4 is 5.43 Å². The second-order valence-corrected chi connectivity index (χ2v) is 5.14. The van der Waals surface area contributed by atoms with Crippen LogP contribution in [0.25, 0.3) is 22.4 Å². The van der Waals surface area contributed by atoms with Crippen molar-refractivity contribution in [3.8, 4) is 17.5 Å². The van der Waals surface area contributed by atoms with Gasteiger partial charge in [0, 0.05) is 24.5 Å². The number of hydrogen-bond acceptors (Lipinski definition) is 3. The lowest BCUT2D eigenvalue weighted by atomic mass is 10.2. The zero-order chi connectivity index (χ0) is 15.0. The summed E-state index contributed by atoms with van der Waals surface area (Å²) in [4.78, 5) is 19.6. The van der Waals surface area contributed by atoms with Gasteiger partial charge in [-0.15, -0.1) is 0 Å². The van der Waals surface area contributed by atoms with Gasteiger partial charge in [-0.1, -0.05) is 0 Å². The van der Waals surface area contributed by atoms with Gasteiger partial charge in [0.15, 0.2) is 5.43 Å². The molecule has 0 bridgehead atoms. The first-order valence-corrected chi connectivity index (χ1v) is 6.71. The molecule has 2 heterocycles. The smallest absolute Gasteiger partial charge is 0.192 e. The van der Waals surface area contributed by atoms with Crippen LogP contribution in [0.15, 0.2) is 41.5 Å². The van der Waals surface area contributed by atoms with Crippen LogP contribution >= 0.6 is 0 Å². The molecule has 0 saturated heterocycles. The van der Waals surface area contributed by atoms with Crippen molar-refractivity contribution in [2.24, 2.45) is 0 Å². The zero-order valence-electron chi connectivity index (χ0n) is 11.8. The van der Waals surface area contributed by atoms with E-state index in [0.717, 1.165) is 11.0 Å². The van der Waals surface area contributed by atoms with Gasteiger partial charge in [0.05, 0.1) is 28.2 Å². The van der Waals surface area contributed by atoms with E-state index in [1.165, 1.54) is 6.07 Å². The van der Waals surface area contributed by atoms with Crippen molar-refractivity contribution in [2.75, 3.05) is 0 Å². The summed E-state index contributed by atoms with van der Waals surface area (Å²) in [5, 5.41) is 9.00. The SMILES string of the molecule is CC(C)n1c(-c2c[nH]ccc2=O)nc2cc(C#N)ccc21. The van der Waals surface area contributed by atoms with E-state index in [4.69, 9.17) is 5.26 Å². The first-order chi connectivity index (χ1) is 10.1. The molecule has 104 valence electrons. The van der Waals surface area contributed by atoms with Gasteiger partial charge in [-0.3, -0.25) is 4.79 Å². The van der Waals surface area contributed by atoms with Crippen LogP contribution in [0.5, 0.6) is 0 Å². The highest BCUT2D eigenvalue weighted by Gasteiger charge is 2.17. The molecule has 21 heavy (non-hydrogen) atoms. The summed E-state index contributed by atoms with van der Waals surface area (Å²) in [5.74, 6) is 0.622. The van der Waals surface area contributed by atoms with Gasteiger partial charge >= 0.3 is 0 Å². The third-order valence-electron chi connectivity index (χ3n) is 3.40. The number of rotatable bonds is 2. The van der Waals surface area contributed by atoms with Crippen molar-refractivity contribution in [1.82, 2.24) is 14.5 Å². The summed E-state index contributed by atoms with van der Waals surface area (Å²) in [6.07, 6.45) is 3.26. The molecule has 5 heteroatoms. The molecule has 0 atom stereocenters. The number of aromatic nitrogens is 3. The Labute approximate surface area is 121 Å². The standard InChI is InChI=1S/C16H14N4O/c1-10(2)20-14-4-3-11(8-17)7-13(14)19-16(20)12-9-18-6-5-15(12)21/h3-7,9-10H,1-2H3,(H,18,21). The first-order valence-electron chi connectivity index (χ1n) is 6.71. The number of fused-ring (bicyclic) bond motifs is 1. The molecule has 0 saturated carbocycles. The average molecular weight is 278 g/mol. The minimum atomic E-state index is -0.0773. The van der Waals surface area contributed by atoms with Crippen LogP contribution in [0.4, 0.5) is 0 Å². The Bertz CT molecular complexity index is 912. The predicted octanol–water partition coefficient (Wildman–Crippen LogP) is 2.84. The van der Waals surface area contributed by atoms with Crippen molar-refractivity contribution in [2.45, 2.75) is 19.9 Å². The normalized spacial score (nSPS) is 11.0. The summed E-state index contributed by atoms with van der Waals surface area (Å²) in [6.45, 7) is 4.08. The highest BCUT2D eigenvalue weighted by atomic mass is 16.1. The Hall–Kier alpha value is -2.87. The molecule has 0 aliphatic heterocycles. The van der Waals surface area contributed by atoms with Crippen molar-refractivity contribution in [3.63, 3.8) is 0 Å². The summed E-state index contributed by atoms with van der Waals surface area (Å²) < 4.78 is 2.01. The number of pyridine rings is 1. The number of nitriles is 1. The molecule has 1 N–H and O–H groups in total. The molecular weight excluding hydrogens is 264 g/mol. The highest BCUT2D eigenvalue weighted by molar-refractivity contribution is 5.82. The topological polar surface area (TPSA) is 74.5 Å². The van der Waals surface area contributed by atoms with Crippen LogP contribution in [0.1, 0.15) is 25.5 Å². The highest BCUT2D eigenvalue weighted by Crippen LogP contribution is 2.27. The molecule has 3 rings (SSSR count). The number of imidazole rings is 1. The van der Waals surface area contributed by atoms with E-state index in [9.17, 15) is 4.79 Å². The largest absolute Gasteiger partial charge is 0.367 e. The first kappa shape index (κ1) is 13.1. The Morgan fingerprint density at radius 3 is 2.81 bits per heavy atom. The van der Waals surface area contributed by atoms with Crippen LogP contribution in [0.2, 0.25) is 0 Å². The van der Waals surface area contributed by atoms with Crippen molar-refractivity contribution < 1.29 is 0 Å². The van der Waals surface area contributed by atoms with E-state index < -0.39 is 0 Å². The van der Waals surface area contributed by atoms with Crippen molar-refractivity contribution in [1.29, 1.82) is 5.26 Å². The van der Waals surface area contributed by atoms with Gasteiger partial charge < -0.3 is 9.55 Å². The van der Waals surface area contributed by atoms with Gasteiger partial charge in [-0.2, -0.15) is 5.26 Å². The predicted molar refractivity (Wildman–Crippen MR) is 80.9 cm³/mol. The maximum Gasteiger partial charge on any atom is 0.192 e. The lowest BCUT2D eigenvalue weighted by Gasteiger charge is -2.12. The van der Waals surface area contributed by atoms with Gasteiger partial charge in [0.1, 0.15) is 5.82 Å². The summed E-state index contributed by atoms with van der Waals surface area (Å²) >= 11 is 0. The molecule has 0 aliphatic carbocycles. The molecule has 1 aromatic carbocycles. The van der Waals surface area contributed by atoms with Gasteiger partial charge in [0.25, 0.3) is 0 Å². The van der Waals surface area contributed by atoms with Crippen LogP contribution in [0.3, 0.4) is 0 Å². The average Bonchev–Trinajstić information content (AvgIpc) is 2.85. The van der Waals surface area contributed by atoms with Crippen LogP contribution in [0, 0.1) is 11.3 Å². The molecule has 5 nitrogen and oxygen atoms in total. The number of aromatic amines is 1. The summed E-state index contributed by atoms with van der Waals surface area (Å²) in [5.41, 5.74) is 2.65. The Morgan fingerprint density at radius 2 is 2.14 bits per heavy atom. The van der Waals surface area contributed by atoms with Crippen molar-refractivity contribution >= 4 is 11.0 Å². The lowest BCUT2D eigenvalue weighted by molar-refractivity contribution is 0.624. The molecule has 0 radical (unpaired) electrons. The third kappa shape index (κ3) is 2.11. The number of hydrogen-bond donors (Lipinski definition) is 1. The number of H-pyrrole nitrogens is 1. The van der Waals surface area contributed by atoms with E-state index in [-0.39, 0.29) is 11.5 Å². The van der Waals surface area contributed by atoms with E-state index >= 15 is 0 Å². The Balaban J connectivity index is 2.37. The Kier molecular flexibility index (Phi) is 3.07. The van der Waals surface area contributed by atoms with E-state index in [0.29, 0.717) is 17.0 Å². The lowest BCUT2D eigenvalue weighted by Crippen LogP contribution is -2.10. The molecule has 2 aromatic heterocycles. The maximum absolute atomic E-state index is 12.1. The molecule has 3 aromatic rings. The summed E-state index contributed by atoms with van der Waals surface area (Å²) in [6, 6.07) is 9.13. The van der Waals surface area contributed by atoms with Crippen LogP contribution in [-0.2, 0) is 0 Å². The second kappa shape index (κ2) is 4.91. The minimum absolute atomic E-state index is 0.0773. The molecule has 0 unspecified atom stereocenters. The molecule has 0 aliphatic rings. The number of nitrogens with one attached hydrogen (secondary N) is 1. The Morgan fingerprint density at radius 1 is 1.33 bits per heavy atom. The monoisotopic (exact) mass is 278 g/mol. The van der Waals surface area contributed by atoms with E-state index in [1.54, 1.807) is 24.5 Å². The fourth-order valence-electron chi connectivity index (χ4n) is 2.47. The molecular formula is C16H14N4O. The fraction of sp³-hybridized carbons (Fsp3) is 0.188. The number of nitrogens with zero attached hydrogens (tertiary/aromatic N) is 3. The van der Waals surface area contributed by atoms with Crippen molar-refractivity contribution in [3.05, 3.63) is 52.4 Å². The quantitative estimate of drug-likeness (QED) is 0.783. The second-order valence-electron chi connectivity index (χ2n) is 5.14. The van der Waals surface area contributed by atoms with Crippen LogP contribution in [-0.4, -0.2) is 14.5 Å². The third-order valence-corrected chi connectivity index (χ3v) is 3.40. The maximum atomic E-state index is 12.1. The van der Waals surface area contributed by atoms with E-state index in [2.05, 4.69) is 16.0 Å². The summed E-state index contributed by atoms with van der Waals surface area (Å²) in [7, 11) is 0. The molecule has 0 spiro atoms. The number of benzene rings is 1. The van der Waals surface area contributed by atoms with E-state index in [1.807, 2.05) is 24.5 Å².